The van der Waals surface area contributed by atoms with Crippen molar-refractivity contribution in [3.63, 3.8) is 0 Å². The van der Waals surface area contributed by atoms with E-state index in [4.69, 9.17) is 0 Å². The van der Waals surface area contributed by atoms with Gasteiger partial charge in [-0.05, 0) is 295 Å². The smallest absolute Gasteiger partial charge is 0.0546 e. The van der Waals surface area contributed by atoms with Crippen molar-refractivity contribution in [2.75, 3.05) is 19.6 Å². The van der Waals surface area contributed by atoms with Crippen LogP contribution in [0.4, 0.5) is 68.2 Å². The van der Waals surface area contributed by atoms with E-state index in [9.17, 15) is 0 Å². The van der Waals surface area contributed by atoms with E-state index in [1.807, 2.05) is 0 Å². The van der Waals surface area contributed by atoms with Gasteiger partial charge >= 0.3 is 0 Å². The number of fused-ring (bicyclic) bond motifs is 18. The minimum Gasteiger partial charge on any atom is -0.310 e. The van der Waals surface area contributed by atoms with E-state index < -0.39 is 0 Å². The Hall–Kier alpha value is -14.8. The van der Waals surface area contributed by atoms with Crippen LogP contribution < -0.4 is 19.6 Å². The Balaban J connectivity index is 0.000000147. The number of nitrogens with zero attached hydrogens (tertiary/aromatic N) is 4. The van der Waals surface area contributed by atoms with Crippen molar-refractivity contribution >= 4 is 133 Å². The second kappa shape index (κ2) is 28.2. The lowest BCUT2D eigenvalue weighted by Crippen LogP contribution is -2.24. The number of hydrogen-bond acceptors (Lipinski definition) is 4. The largest absolute Gasteiger partial charge is 0.310 e. The van der Waals surface area contributed by atoms with E-state index in [2.05, 4.69) is 474 Å². The molecule has 4 aliphatic carbocycles. The minimum absolute atomic E-state index is 0.0479. The molecule has 580 valence electrons. The van der Waals surface area contributed by atoms with Gasteiger partial charge in [0.25, 0.3) is 0 Å². The molecule has 0 bridgehead atoms. The summed E-state index contributed by atoms with van der Waals surface area (Å²) < 4.78 is 0. The van der Waals surface area contributed by atoms with Gasteiger partial charge < -0.3 is 19.6 Å². The van der Waals surface area contributed by atoms with Crippen LogP contribution in [-0.2, 0) is 22.7 Å². The maximum Gasteiger partial charge on any atom is 0.0546 e. The maximum absolute atomic E-state index is 2.50. The zero-order chi connectivity index (χ0) is 81.7. The lowest BCUT2D eigenvalue weighted by molar-refractivity contribution is 0.645. The molecule has 0 heterocycles. The topological polar surface area (TPSA) is 13.0 Å². The molecule has 0 spiro atoms. The highest BCUT2D eigenvalue weighted by atomic mass is 15.2. The van der Waals surface area contributed by atoms with Crippen LogP contribution in [0.15, 0.2) is 413 Å². The van der Waals surface area contributed by atoms with Crippen molar-refractivity contribution in [2.24, 2.45) is 0 Å². The molecule has 20 aromatic rings. The average molecular weight is 1560 g/mol. The van der Waals surface area contributed by atoms with E-state index in [1.165, 1.54) is 165 Å². The fourth-order valence-corrected chi connectivity index (χ4v) is 21.4. The van der Waals surface area contributed by atoms with E-state index in [0.717, 1.165) is 63.3 Å². The maximum atomic E-state index is 2.50. The summed E-state index contributed by atoms with van der Waals surface area (Å²) in [6.07, 6.45) is 0.858. The zero-order valence-electron chi connectivity index (χ0n) is 69.3. The summed E-state index contributed by atoms with van der Waals surface area (Å²) in [4.78, 5) is 9.71. The highest BCUT2D eigenvalue weighted by molar-refractivity contribution is 6.27. The molecule has 0 aromatic heterocycles. The molecule has 24 rings (SSSR count). The van der Waals surface area contributed by atoms with Crippen molar-refractivity contribution in [3.05, 3.63) is 457 Å². The summed E-state index contributed by atoms with van der Waals surface area (Å²) in [6.45, 7) is 14.2. The molecule has 0 N–H and O–H groups in total. The molecule has 4 heteroatoms. The van der Waals surface area contributed by atoms with Crippen molar-refractivity contribution in [2.45, 2.75) is 64.2 Å². The number of rotatable bonds is 12. The first kappa shape index (κ1) is 72.4. The summed E-state index contributed by atoms with van der Waals surface area (Å²) in [7, 11) is 0. The van der Waals surface area contributed by atoms with Gasteiger partial charge in [-0.3, -0.25) is 0 Å². The van der Waals surface area contributed by atoms with Gasteiger partial charge in [-0.2, -0.15) is 0 Å². The van der Waals surface area contributed by atoms with Crippen LogP contribution in [0, 0.1) is 0 Å². The van der Waals surface area contributed by atoms with Gasteiger partial charge in [-0.15, -0.1) is 0 Å². The standard InChI is InChI=1S/C67H50N2.C51H38N2/c1-66(2)61-29-16-14-25-52(61)58-38-47(32-35-62(58)66)68(44-19-7-5-8-20-44)46-30-33-49-43(37-46)36-42-18-17-27-55-57-41-64(54-26-12-11-23-50(54)56(57)40-59(49)65(42)55)69(45-21-9-6-10-22-45)48-31-34-53-51-24-13-15-28-60(51)67(3,4)63(53)39-48;1-51(2)47-29-17-28-43-45-34-49(53(37-22-11-5-12-23-37)38-24-13-6-14-25-38)42-27-16-15-26-40(42)44(45)33-46(50(43)47)41-31-30-39(32-48(41)51)52(35-18-7-3-8-19-35)36-20-9-4-10-21-36/h5-35,37-41H,36H2,1-4H3;3-34H,1-2H3. The van der Waals surface area contributed by atoms with Crippen molar-refractivity contribution < 1.29 is 0 Å². The lowest BCUT2D eigenvalue weighted by atomic mass is 9.68. The van der Waals surface area contributed by atoms with Crippen molar-refractivity contribution in [3.8, 4) is 44.5 Å². The molecular weight excluding hydrogens is 1470 g/mol. The highest BCUT2D eigenvalue weighted by Crippen LogP contribution is 2.58. The molecule has 0 fully saturated rings. The summed E-state index contributed by atoms with van der Waals surface area (Å²) >= 11 is 0. The van der Waals surface area contributed by atoms with Gasteiger partial charge in [0, 0.05) is 83.9 Å². The van der Waals surface area contributed by atoms with Crippen LogP contribution in [0.3, 0.4) is 0 Å². The fourth-order valence-electron chi connectivity index (χ4n) is 21.4. The van der Waals surface area contributed by atoms with E-state index >= 15 is 0 Å². The third-order valence-corrected chi connectivity index (χ3v) is 27.2. The predicted octanol–water partition coefficient (Wildman–Crippen LogP) is 32.7. The van der Waals surface area contributed by atoms with E-state index in [1.54, 1.807) is 0 Å². The first-order valence-corrected chi connectivity index (χ1v) is 42.9. The summed E-state index contributed by atoms with van der Waals surface area (Å²) in [5.74, 6) is 0. The van der Waals surface area contributed by atoms with Crippen molar-refractivity contribution in [1.82, 2.24) is 0 Å². The summed E-state index contributed by atoms with van der Waals surface area (Å²) in [5, 5.41) is 15.3. The molecule has 122 heavy (non-hydrogen) atoms. The van der Waals surface area contributed by atoms with Crippen LogP contribution in [0.2, 0.25) is 0 Å². The van der Waals surface area contributed by atoms with E-state index in [0.29, 0.717) is 0 Å². The third-order valence-electron chi connectivity index (χ3n) is 27.2. The number of benzene rings is 20. The molecule has 0 saturated heterocycles. The Kier molecular flexibility index (Phi) is 16.7. The lowest BCUT2D eigenvalue weighted by Gasteiger charge is -2.37. The molecule has 4 nitrogen and oxygen atoms in total. The van der Waals surface area contributed by atoms with Gasteiger partial charge in [0.15, 0.2) is 0 Å². The molecule has 0 amide bonds. The van der Waals surface area contributed by atoms with Gasteiger partial charge in [-0.1, -0.05) is 308 Å². The first-order chi connectivity index (χ1) is 59.8. The molecule has 0 unspecified atom stereocenters. The third kappa shape index (κ3) is 11.3. The van der Waals surface area contributed by atoms with Crippen LogP contribution in [-0.4, -0.2) is 0 Å². The second-order valence-corrected chi connectivity index (χ2v) is 35.0. The molecule has 0 radical (unpaired) electrons. The summed E-state index contributed by atoms with van der Waals surface area (Å²) in [6, 6.07) is 153. The van der Waals surface area contributed by atoms with E-state index in [-0.39, 0.29) is 16.2 Å². The quantitative estimate of drug-likeness (QED) is 0.113. The van der Waals surface area contributed by atoms with Crippen LogP contribution in [0.5, 0.6) is 0 Å². The Morgan fingerprint density at radius 1 is 0.164 bits per heavy atom. The monoisotopic (exact) mass is 1560 g/mol. The fraction of sp³-hybridized carbons (Fsp3) is 0.0847. The Morgan fingerprint density at radius 3 is 0.984 bits per heavy atom. The molecule has 0 saturated carbocycles. The number of para-hydroxylation sites is 6. The molecule has 0 aliphatic heterocycles. The molecule has 0 atom stereocenters. The second-order valence-electron chi connectivity index (χ2n) is 35.0. The van der Waals surface area contributed by atoms with Crippen LogP contribution >= 0.6 is 0 Å². The normalized spacial score (nSPS) is 13.7. The summed E-state index contributed by atoms with van der Waals surface area (Å²) in [5.41, 5.74) is 34.9. The number of hydrogen-bond donors (Lipinski definition) is 0. The van der Waals surface area contributed by atoms with Gasteiger partial charge in [-0.25, -0.2) is 0 Å². The SMILES string of the molecule is CC1(C)c2cc(N(c3ccccc3)c3ccccc3)ccc2-c2cc3c4ccccc4c(N(c4ccccc4)c4ccccc4)cc3c3cccc1c23.CC1(C)c2ccccc2-c2cc(N(c3ccccc3)c3ccc4c(c3)Cc3cccc5c3c-4cc3c4ccccc4c(N(c4ccccc4)c4ccc6c(c4)C(C)(C)c4ccccc4-6)cc53)ccc21. The molecule has 20 aromatic carbocycles. The number of anilines is 12. The average Bonchev–Trinajstić information content (AvgIpc) is 1.05. The van der Waals surface area contributed by atoms with Gasteiger partial charge in [0.2, 0.25) is 0 Å². The Labute approximate surface area is 713 Å². The van der Waals surface area contributed by atoms with Crippen LogP contribution in [0.25, 0.3) is 109 Å². The molecular formula is C118H88N4. The highest BCUT2D eigenvalue weighted by Gasteiger charge is 2.40. The Morgan fingerprint density at radius 2 is 0.475 bits per heavy atom. The molecule has 4 aliphatic rings. The Bertz CT molecular complexity index is 7540. The predicted molar refractivity (Wildman–Crippen MR) is 518 cm³/mol. The first-order valence-electron chi connectivity index (χ1n) is 42.9. The minimum atomic E-state index is -0.232. The van der Waals surface area contributed by atoms with Gasteiger partial charge in [0.05, 0.1) is 11.4 Å². The van der Waals surface area contributed by atoms with Crippen LogP contribution in [0.1, 0.15) is 86.1 Å². The van der Waals surface area contributed by atoms with Crippen molar-refractivity contribution in [1.29, 1.82) is 0 Å². The van der Waals surface area contributed by atoms with Gasteiger partial charge in [0.1, 0.15) is 0 Å². The zero-order valence-corrected chi connectivity index (χ0v) is 69.3.